The van der Waals surface area contributed by atoms with Crippen molar-refractivity contribution < 1.29 is 17.9 Å². The number of nitrogens with one attached hydrogen (secondary N) is 1. The van der Waals surface area contributed by atoms with Crippen LogP contribution in [-0.4, -0.2) is 25.9 Å². The molecular formula is C13H16FNO3S. The van der Waals surface area contributed by atoms with Gasteiger partial charge >= 0.3 is 0 Å². The van der Waals surface area contributed by atoms with E-state index in [9.17, 15) is 12.8 Å². The summed E-state index contributed by atoms with van der Waals surface area (Å²) >= 11 is 0. The Kier molecular flexibility index (Phi) is 5.80. The summed E-state index contributed by atoms with van der Waals surface area (Å²) in [4.78, 5) is 0. The lowest BCUT2D eigenvalue weighted by atomic mass is 10.2. The fourth-order valence-electron chi connectivity index (χ4n) is 1.39. The summed E-state index contributed by atoms with van der Waals surface area (Å²) < 4.78 is 39.0. The first kappa shape index (κ1) is 15.5. The second-order valence-electron chi connectivity index (χ2n) is 3.89. The molecule has 0 saturated carbocycles. The van der Waals surface area contributed by atoms with Gasteiger partial charge < -0.3 is 5.11 Å². The van der Waals surface area contributed by atoms with Gasteiger partial charge in [-0.25, -0.2) is 12.8 Å². The maximum Gasteiger partial charge on any atom is 0.232 e. The highest BCUT2D eigenvalue weighted by Crippen LogP contribution is 2.15. The highest BCUT2D eigenvalue weighted by molar-refractivity contribution is 7.92. The minimum absolute atomic E-state index is 0.00727. The van der Waals surface area contributed by atoms with Crippen molar-refractivity contribution in [2.24, 2.45) is 0 Å². The van der Waals surface area contributed by atoms with Gasteiger partial charge in [0.25, 0.3) is 0 Å². The lowest BCUT2D eigenvalue weighted by Crippen LogP contribution is -2.16. The van der Waals surface area contributed by atoms with E-state index in [1.165, 1.54) is 12.1 Å². The first-order valence-corrected chi connectivity index (χ1v) is 7.53. The highest BCUT2D eigenvalue weighted by Gasteiger charge is 2.10. The van der Waals surface area contributed by atoms with Crippen LogP contribution in [-0.2, 0) is 10.0 Å². The van der Waals surface area contributed by atoms with Crippen molar-refractivity contribution in [2.45, 2.75) is 19.8 Å². The molecule has 0 heterocycles. The van der Waals surface area contributed by atoms with E-state index >= 15 is 0 Å². The van der Waals surface area contributed by atoms with Crippen molar-refractivity contribution in [3.63, 3.8) is 0 Å². The molecule has 0 radical (unpaired) electrons. The summed E-state index contributed by atoms with van der Waals surface area (Å²) in [6.07, 6.45) is 0.757. The van der Waals surface area contributed by atoms with E-state index in [0.717, 1.165) is 6.07 Å². The van der Waals surface area contributed by atoms with Gasteiger partial charge in [-0.05, 0) is 24.6 Å². The molecule has 0 atom stereocenters. The summed E-state index contributed by atoms with van der Waals surface area (Å²) in [6, 6.07) is 3.96. The van der Waals surface area contributed by atoms with Crippen LogP contribution >= 0.6 is 0 Å². The Morgan fingerprint density at radius 2 is 2.16 bits per heavy atom. The lowest BCUT2D eigenvalue weighted by molar-refractivity contribution is 0.305. The van der Waals surface area contributed by atoms with Gasteiger partial charge in [0.1, 0.15) is 5.82 Å². The van der Waals surface area contributed by atoms with Crippen LogP contribution in [0.3, 0.4) is 0 Å². The maximum atomic E-state index is 13.6. The van der Waals surface area contributed by atoms with Crippen molar-refractivity contribution in [3.05, 3.63) is 29.6 Å². The largest absolute Gasteiger partial charge is 0.395 e. The first-order valence-electron chi connectivity index (χ1n) is 5.88. The van der Waals surface area contributed by atoms with Gasteiger partial charge in [0.15, 0.2) is 0 Å². The van der Waals surface area contributed by atoms with Crippen molar-refractivity contribution in [3.8, 4) is 11.8 Å². The van der Waals surface area contributed by atoms with Crippen LogP contribution in [0.25, 0.3) is 0 Å². The van der Waals surface area contributed by atoms with Gasteiger partial charge in [-0.1, -0.05) is 18.8 Å². The summed E-state index contributed by atoms with van der Waals surface area (Å²) in [6.45, 7) is 1.67. The molecule has 0 saturated heterocycles. The van der Waals surface area contributed by atoms with E-state index in [1.54, 1.807) is 6.92 Å². The fraction of sp³-hybridized carbons (Fsp3) is 0.385. The number of aliphatic hydroxyl groups excluding tert-OH is 1. The van der Waals surface area contributed by atoms with Crippen LogP contribution in [0.2, 0.25) is 0 Å². The molecule has 0 aliphatic heterocycles. The third-order valence-electron chi connectivity index (χ3n) is 2.18. The second-order valence-corrected chi connectivity index (χ2v) is 5.73. The van der Waals surface area contributed by atoms with E-state index < -0.39 is 15.8 Å². The van der Waals surface area contributed by atoms with Crippen LogP contribution in [0.1, 0.15) is 25.3 Å². The second kappa shape index (κ2) is 7.12. The van der Waals surface area contributed by atoms with Gasteiger partial charge in [0.05, 0.1) is 23.6 Å². The summed E-state index contributed by atoms with van der Waals surface area (Å²) in [5, 5.41) is 8.56. The van der Waals surface area contributed by atoms with Gasteiger partial charge in [-0.3, -0.25) is 4.72 Å². The maximum absolute atomic E-state index is 13.6. The smallest absolute Gasteiger partial charge is 0.232 e. The molecule has 0 aliphatic rings. The predicted molar refractivity (Wildman–Crippen MR) is 72.7 cm³/mol. The number of halogens is 1. The SMILES string of the molecule is CCCS(=O)(=O)Nc1ccc(C#CCCO)c(F)c1. The summed E-state index contributed by atoms with van der Waals surface area (Å²) in [5.41, 5.74) is 0.352. The number of rotatable bonds is 5. The quantitative estimate of drug-likeness (QED) is 0.809. The third-order valence-corrected chi connectivity index (χ3v) is 3.67. The Morgan fingerprint density at radius 1 is 1.42 bits per heavy atom. The zero-order chi connectivity index (χ0) is 14.3. The molecule has 0 bridgehead atoms. The molecule has 1 rings (SSSR count). The molecule has 0 aromatic heterocycles. The standard InChI is InChI=1S/C13H16FNO3S/c1-2-9-19(17,18)15-12-7-6-11(13(14)10-12)5-3-4-8-16/h6-7,10,15-16H,2,4,8-9H2,1H3. The van der Waals surface area contributed by atoms with E-state index in [-0.39, 0.29) is 30.0 Å². The molecule has 0 spiro atoms. The van der Waals surface area contributed by atoms with Gasteiger partial charge in [0.2, 0.25) is 10.0 Å². The van der Waals surface area contributed by atoms with Gasteiger partial charge in [-0.15, -0.1) is 0 Å². The number of hydrogen-bond donors (Lipinski definition) is 2. The first-order chi connectivity index (χ1) is 8.98. The average molecular weight is 285 g/mol. The topological polar surface area (TPSA) is 66.4 Å². The molecule has 2 N–H and O–H groups in total. The van der Waals surface area contributed by atoms with Crippen molar-refractivity contribution in [1.29, 1.82) is 0 Å². The monoisotopic (exact) mass is 285 g/mol. The predicted octanol–water partition coefficient (Wildman–Crippen LogP) is 1.71. The molecule has 6 heteroatoms. The molecule has 19 heavy (non-hydrogen) atoms. The van der Waals surface area contributed by atoms with Crippen LogP contribution in [0.4, 0.5) is 10.1 Å². The Bertz CT molecular complexity index is 588. The molecule has 0 amide bonds. The Labute approximate surface area is 112 Å². The Hall–Kier alpha value is -1.58. The van der Waals surface area contributed by atoms with E-state index in [4.69, 9.17) is 5.11 Å². The van der Waals surface area contributed by atoms with E-state index in [1.807, 2.05) is 0 Å². The number of hydrogen-bond acceptors (Lipinski definition) is 3. The molecule has 0 fully saturated rings. The molecule has 0 aliphatic carbocycles. The Morgan fingerprint density at radius 3 is 2.74 bits per heavy atom. The summed E-state index contributed by atoms with van der Waals surface area (Å²) in [7, 11) is -3.42. The highest BCUT2D eigenvalue weighted by atomic mass is 32.2. The van der Waals surface area contributed by atoms with Crippen molar-refractivity contribution in [2.75, 3.05) is 17.1 Å². The molecule has 104 valence electrons. The zero-order valence-electron chi connectivity index (χ0n) is 10.6. The number of anilines is 1. The Balaban J connectivity index is 2.86. The number of sulfonamides is 1. The fourth-order valence-corrected chi connectivity index (χ4v) is 2.52. The molecule has 0 unspecified atom stereocenters. The molecule has 1 aromatic rings. The lowest BCUT2D eigenvalue weighted by Gasteiger charge is -2.07. The van der Waals surface area contributed by atoms with Crippen molar-refractivity contribution >= 4 is 15.7 Å². The average Bonchev–Trinajstić information content (AvgIpc) is 2.31. The van der Waals surface area contributed by atoms with Crippen LogP contribution < -0.4 is 4.72 Å². The minimum atomic E-state index is -3.42. The minimum Gasteiger partial charge on any atom is -0.395 e. The zero-order valence-corrected chi connectivity index (χ0v) is 11.4. The molecule has 1 aromatic carbocycles. The molecule has 4 nitrogen and oxygen atoms in total. The van der Waals surface area contributed by atoms with Gasteiger partial charge in [-0.2, -0.15) is 0 Å². The van der Waals surface area contributed by atoms with Crippen molar-refractivity contribution in [1.82, 2.24) is 0 Å². The van der Waals surface area contributed by atoms with Crippen LogP contribution in [0.5, 0.6) is 0 Å². The van der Waals surface area contributed by atoms with E-state index in [0.29, 0.717) is 6.42 Å². The third kappa shape index (κ3) is 5.28. The number of benzene rings is 1. The summed E-state index contributed by atoms with van der Waals surface area (Å²) in [5.74, 6) is 4.57. The normalized spacial score (nSPS) is 10.7. The van der Waals surface area contributed by atoms with Crippen LogP contribution in [0.15, 0.2) is 18.2 Å². The van der Waals surface area contributed by atoms with Gasteiger partial charge in [0, 0.05) is 6.42 Å². The molecular weight excluding hydrogens is 269 g/mol. The van der Waals surface area contributed by atoms with Crippen LogP contribution in [0, 0.1) is 17.7 Å². The van der Waals surface area contributed by atoms with E-state index in [2.05, 4.69) is 16.6 Å². The number of aliphatic hydroxyl groups is 1.